The average Bonchev–Trinajstić information content (AvgIpc) is 2.82. The molecule has 3 heteroatoms. The zero-order valence-electron chi connectivity index (χ0n) is 15.0. The fourth-order valence-corrected chi connectivity index (χ4v) is 7.52. The van der Waals surface area contributed by atoms with Crippen molar-refractivity contribution in [2.45, 2.75) is 83.5 Å². The van der Waals surface area contributed by atoms with E-state index in [1.165, 1.54) is 19.3 Å². The Labute approximate surface area is 140 Å². The molecule has 132 valence electrons. The van der Waals surface area contributed by atoms with E-state index >= 15 is 0 Å². The van der Waals surface area contributed by atoms with Crippen LogP contribution >= 0.6 is 0 Å². The van der Waals surface area contributed by atoms with E-state index in [4.69, 9.17) is 4.74 Å². The Morgan fingerprint density at radius 2 is 1.74 bits per heavy atom. The minimum atomic E-state index is -0.148. The van der Waals surface area contributed by atoms with Crippen molar-refractivity contribution < 1.29 is 14.9 Å². The third kappa shape index (κ3) is 2.19. The van der Waals surface area contributed by atoms with Crippen LogP contribution in [0.5, 0.6) is 0 Å². The lowest BCUT2D eigenvalue weighted by atomic mass is 9.44. The van der Waals surface area contributed by atoms with Gasteiger partial charge in [0, 0.05) is 7.11 Å². The fourth-order valence-electron chi connectivity index (χ4n) is 7.52. The van der Waals surface area contributed by atoms with Crippen LogP contribution in [0.2, 0.25) is 0 Å². The Bertz CT molecular complexity index is 466. The molecule has 5 unspecified atom stereocenters. The number of hydrogen-bond donors (Lipinski definition) is 2. The molecule has 0 aliphatic heterocycles. The summed E-state index contributed by atoms with van der Waals surface area (Å²) in [4.78, 5) is 0. The molecule has 0 amide bonds. The van der Waals surface area contributed by atoms with Gasteiger partial charge in [0.05, 0.1) is 18.3 Å². The first-order valence-electron chi connectivity index (χ1n) is 9.79. The van der Waals surface area contributed by atoms with Crippen LogP contribution < -0.4 is 0 Å². The van der Waals surface area contributed by atoms with Crippen LogP contribution in [0.4, 0.5) is 0 Å². The Balaban J connectivity index is 1.70. The van der Waals surface area contributed by atoms with E-state index in [1.807, 2.05) is 7.11 Å². The Hall–Kier alpha value is -0.120. The van der Waals surface area contributed by atoms with Crippen molar-refractivity contribution in [2.24, 2.45) is 34.5 Å². The van der Waals surface area contributed by atoms with Gasteiger partial charge in [0.25, 0.3) is 0 Å². The number of aliphatic hydroxyl groups excluding tert-OH is 2. The molecule has 0 saturated heterocycles. The van der Waals surface area contributed by atoms with Gasteiger partial charge in [-0.05, 0) is 85.9 Å². The number of aliphatic hydroxyl groups is 2. The normalized spacial score (nSPS) is 59.1. The van der Waals surface area contributed by atoms with Gasteiger partial charge in [-0.3, -0.25) is 0 Å². The summed E-state index contributed by atoms with van der Waals surface area (Å²) in [7, 11) is 1.87. The van der Waals surface area contributed by atoms with Gasteiger partial charge in [0.1, 0.15) is 0 Å². The van der Waals surface area contributed by atoms with E-state index < -0.39 is 0 Å². The van der Waals surface area contributed by atoms with E-state index in [0.717, 1.165) is 32.1 Å². The van der Waals surface area contributed by atoms with Crippen molar-refractivity contribution in [3.8, 4) is 0 Å². The lowest BCUT2D eigenvalue weighted by Crippen LogP contribution is -2.60. The predicted molar refractivity (Wildman–Crippen MR) is 89.9 cm³/mol. The van der Waals surface area contributed by atoms with Crippen LogP contribution in [0.1, 0.15) is 65.2 Å². The summed E-state index contributed by atoms with van der Waals surface area (Å²) < 4.78 is 6.05. The number of rotatable bonds is 1. The van der Waals surface area contributed by atoms with Crippen molar-refractivity contribution in [1.82, 2.24) is 0 Å². The van der Waals surface area contributed by atoms with E-state index in [1.54, 1.807) is 0 Å². The minimum Gasteiger partial charge on any atom is -0.393 e. The highest BCUT2D eigenvalue weighted by Gasteiger charge is 2.63. The topological polar surface area (TPSA) is 49.7 Å². The molecule has 4 rings (SSSR count). The molecule has 0 aromatic carbocycles. The summed E-state index contributed by atoms with van der Waals surface area (Å²) in [5.41, 5.74) is 0.372. The third-order valence-corrected chi connectivity index (χ3v) is 8.80. The molecule has 4 aliphatic rings. The molecule has 9 atom stereocenters. The summed E-state index contributed by atoms with van der Waals surface area (Å²) in [6.45, 7) is 4.80. The SMILES string of the molecule is CO[C@H]1C[C@@]2(C)C(CC[C@@H]2O)C2CCC3CC(O)CC[C@]3(C)C21. The predicted octanol–water partition coefficient (Wildman–Crippen LogP) is 3.38. The average molecular weight is 322 g/mol. The molecule has 0 heterocycles. The van der Waals surface area contributed by atoms with Gasteiger partial charge in [-0.2, -0.15) is 0 Å². The van der Waals surface area contributed by atoms with Gasteiger partial charge in [-0.1, -0.05) is 13.8 Å². The Kier molecular flexibility index (Phi) is 3.87. The molecule has 2 N–H and O–H groups in total. The van der Waals surface area contributed by atoms with Crippen LogP contribution in [0, 0.1) is 34.5 Å². The zero-order valence-corrected chi connectivity index (χ0v) is 15.0. The largest absolute Gasteiger partial charge is 0.393 e. The van der Waals surface area contributed by atoms with Crippen molar-refractivity contribution in [1.29, 1.82) is 0 Å². The van der Waals surface area contributed by atoms with Gasteiger partial charge < -0.3 is 14.9 Å². The van der Waals surface area contributed by atoms with E-state index in [2.05, 4.69) is 13.8 Å². The molecule has 0 radical (unpaired) electrons. The van der Waals surface area contributed by atoms with Crippen LogP contribution in [0.25, 0.3) is 0 Å². The van der Waals surface area contributed by atoms with E-state index in [0.29, 0.717) is 29.1 Å². The lowest BCUT2D eigenvalue weighted by molar-refractivity contribution is -0.190. The standard InChI is InChI=1S/C20H34O3/c1-19-9-8-13(21)10-12(19)4-5-14-15-6-7-17(22)20(15,2)11-16(23-3)18(14)19/h12-18,21-22H,4-11H2,1-3H3/t12?,13?,14?,15?,16-,17-,18?,19-,20-/m0/s1. The molecular formula is C20H34O3. The molecule has 4 aliphatic carbocycles. The first-order valence-corrected chi connectivity index (χ1v) is 9.79. The second-order valence-corrected chi connectivity index (χ2v) is 9.58. The number of ether oxygens (including phenoxy) is 1. The van der Waals surface area contributed by atoms with Gasteiger partial charge in [-0.15, -0.1) is 0 Å². The summed E-state index contributed by atoms with van der Waals surface area (Å²) >= 11 is 0. The smallest absolute Gasteiger partial charge is 0.0613 e. The van der Waals surface area contributed by atoms with Crippen LogP contribution in [0.3, 0.4) is 0 Å². The molecule has 23 heavy (non-hydrogen) atoms. The molecule has 3 nitrogen and oxygen atoms in total. The van der Waals surface area contributed by atoms with Crippen LogP contribution in [0.15, 0.2) is 0 Å². The summed E-state index contributed by atoms with van der Waals surface area (Å²) in [5.74, 6) is 2.63. The van der Waals surface area contributed by atoms with Crippen molar-refractivity contribution >= 4 is 0 Å². The minimum absolute atomic E-state index is 0.0548. The fraction of sp³-hybridized carbons (Fsp3) is 1.00. The molecule has 4 fully saturated rings. The second-order valence-electron chi connectivity index (χ2n) is 9.58. The number of fused-ring (bicyclic) bond motifs is 5. The van der Waals surface area contributed by atoms with E-state index in [9.17, 15) is 10.2 Å². The lowest BCUT2D eigenvalue weighted by Gasteiger charge is -2.62. The van der Waals surface area contributed by atoms with Crippen LogP contribution in [-0.4, -0.2) is 35.6 Å². The quantitative estimate of drug-likeness (QED) is 0.778. The summed E-state index contributed by atoms with van der Waals surface area (Å²) in [5, 5.41) is 20.8. The highest BCUT2D eigenvalue weighted by atomic mass is 16.5. The van der Waals surface area contributed by atoms with Crippen molar-refractivity contribution in [2.75, 3.05) is 7.11 Å². The first-order chi connectivity index (χ1) is 10.9. The maximum absolute atomic E-state index is 10.6. The van der Waals surface area contributed by atoms with Crippen LogP contribution in [-0.2, 0) is 4.74 Å². The van der Waals surface area contributed by atoms with Gasteiger partial charge in [0.15, 0.2) is 0 Å². The zero-order chi connectivity index (χ0) is 16.4. The van der Waals surface area contributed by atoms with Gasteiger partial charge in [-0.25, -0.2) is 0 Å². The third-order valence-electron chi connectivity index (χ3n) is 8.80. The highest BCUT2D eigenvalue weighted by molar-refractivity contribution is 5.12. The molecule has 0 bridgehead atoms. The van der Waals surface area contributed by atoms with E-state index in [-0.39, 0.29) is 23.7 Å². The summed E-state index contributed by atoms with van der Waals surface area (Å²) in [6.07, 6.45) is 8.83. The first kappa shape index (κ1) is 16.4. The molecule has 0 spiro atoms. The van der Waals surface area contributed by atoms with Gasteiger partial charge >= 0.3 is 0 Å². The Morgan fingerprint density at radius 3 is 2.48 bits per heavy atom. The monoisotopic (exact) mass is 322 g/mol. The number of methoxy groups -OCH3 is 1. The maximum Gasteiger partial charge on any atom is 0.0613 e. The number of hydrogen-bond acceptors (Lipinski definition) is 3. The van der Waals surface area contributed by atoms with Crippen molar-refractivity contribution in [3.05, 3.63) is 0 Å². The second kappa shape index (κ2) is 5.44. The van der Waals surface area contributed by atoms with Crippen molar-refractivity contribution in [3.63, 3.8) is 0 Å². The summed E-state index contributed by atoms with van der Waals surface area (Å²) in [6, 6.07) is 0. The molecule has 0 aromatic heterocycles. The molecule has 0 aromatic rings. The highest BCUT2D eigenvalue weighted by Crippen LogP contribution is 2.66. The molecular weight excluding hydrogens is 288 g/mol. The maximum atomic E-state index is 10.6. The Morgan fingerprint density at radius 1 is 0.957 bits per heavy atom. The molecule has 4 saturated carbocycles. The van der Waals surface area contributed by atoms with Gasteiger partial charge in [0.2, 0.25) is 0 Å².